The SMILES string of the molecule is Cc1nc(-c2cnc(Nc3ccc4c(c3)C(=O)NC(C)(C)C4)nc2N[C@H](CO)c2ccccc2)no1. The number of anilines is 3. The Morgan fingerprint density at radius 3 is 2.67 bits per heavy atom. The Balaban J connectivity index is 1.47. The molecule has 0 radical (unpaired) electrons. The van der Waals surface area contributed by atoms with E-state index in [1.165, 1.54) is 0 Å². The van der Waals surface area contributed by atoms with Gasteiger partial charge in [-0.15, -0.1) is 0 Å². The summed E-state index contributed by atoms with van der Waals surface area (Å²) in [5, 5.41) is 23.6. The van der Waals surface area contributed by atoms with E-state index in [0.29, 0.717) is 40.3 Å². The van der Waals surface area contributed by atoms with Crippen molar-refractivity contribution >= 4 is 23.4 Å². The minimum absolute atomic E-state index is 0.107. The largest absolute Gasteiger partial charge is 0.394 e. The molecule has 1 amide bonds. The average Bonchev–Trinajstić information content (AvgIpc) is 3.29. The maximum Gasteiger partial charge on any atom is 0.252 e. The maximum absolute atomic E-state index is 12.6. The van der Waals surface area contributed by atoms with Crippen LogP contribution in [0.3, 0.4) is 0 Å². The third kappa shape index (κ3) is 4.89. The van der Waals surface area contributed by atoms with Crippen LogP contribution in [0, 0.1) is 6.92 Å². The van der Waals surface area contributed by atoms with Gasteiger partial charge < -0.3 is 25.6 Å². The van der Waals surface area contributed by atoms with Gasteiger partial charge in [0.15, 0.2) is 0 Å². The number of rotatable bonds is 7. The average molecular weight is 486 g/mol. The molecular weight excluding hydrogens is 458 g/mol. The molecule has 0 unspecified atom stereocenters. The van der Waals surface area contributed by atoms with Gasteiger partial charge in [-0.05, 0) is 43.5 Å². The van der Waals surface area contributed by atoms with Crippen LogP contribution in [0.1, 0.15) is 47.3 Å². The van der Waals surface area contributed by atoms with E-state index in [0.717, 1.165) is 17.5 Å². The highest BCUT2D eigenvalue weighted by Gasteiger charge is 2.30. The lowest BCUT2D eigenvalue weighted by Gasteiger charge is -2.32. The first-order valence-corrected chi connectivity index (χ1v) is 11.6. The number of carbonyl (C=O) groups is 1. The fraction of sp³-hybridized carbons (Fsp3) is 0.269. The first kappa shape index (κ1) is 23.4. The highest BCUT2D eigenvalue weighted by molar-refractivity contribution is 5.98. The van der Waals surface area contributed by atoms with E-state index in [4.69, 9.17) is 4.52 Å². The molecule has 1 atom stereocenters. The second-order valence-electron chi connectivity index (χ2n) is 9.39. The quantitative estimate of drug-likeness (QED) is 0.308. The van der Waals surface area contributed by atoms with E-state index in [1.54, 1.807) is 19.2 Å². The third-order valence-corrected chi connectivity index (χ3v) is 5.95. The van der Waals surface area contributed by atoms with Crippen molar-refractivity contribution in [2.45, 2.75) is 38.8 Å². The lowest BCUT2D eigenvalue weighted by molar-refractivity contribution is 0.0897. The predicted octanol–water partition coefficient (Wildman–Crippen LogP) is 3.79. The monoisotopic (exact) mass is 485 g/mol. The van der Waals surface area contributed by atoms with Gasteiger partial charge in [-0.2, -0.15) is 9.97 Å². The van der Waals surface area contributed by atoms with Gasteiger partial charge in [0.25, 0.3) is 5.91 Å². The molecule has 184 valence electrons. The van der Waals surface area contributed by atoms with Crippen molar-refractivity contribution in [3.8, 4) is 11.4 Å². The fourth-order valence-corrected chi connectivity index (χ4v) is 4.25. The summed E-state index contributed by atoms with van der Waals surface area (Å²) in [5.41, 5.74) is 3.44. The van der Waals surface area contributed by atoms with E-state index in [1.807, 2.05) is 56.3 Å². The Kier molecular flexibility index (Phi) is 6.11. The summed E-state index contributed by atoms with van der Waals surface area (Å²) in [6.07, 6.45) is 2.34. The number of aliphatic hydroxyl groups excluding tert-OH is 1. The Hall–Kier alpha value is -4.31. The molecule has 10 heteroatoms. The highest BCUT2D eigenvalue weighted by Crippen LogP contribution is 2.30. The van der Waals surface area contributed by atoms with E-state index in [2.05, 4.69) is 36.1 Å². The standard InChI is InChI=1S/C26H27N7O3/c1-15-28-23(33-36-15)20-13-27-25(31-22(20)30-21(14-34)16-7-5-4-6-8-16)29-18-10-9-17-12-26(2,3)32-24(35)19(17)11-18/h4-11,13,21,34H,12,14H2,1-3H3,(H,32,35)(H2,27,29,30,31)/t21-/m1/s1. The summed E-state index contributed by atoms with van der Waals surface area (Å²) < 4.78 is 5.15. The van der Waals surface area contributed by atoms with Crippen LogP contribution in [-0.4, -0.2) is 43.3 Å². The normalized spacial score (nSPS) is 15.1. The summed E-state index contributed by atoms with van der Waals surface area (Å²) in [6, 6.07) is 14.8. The van der Waals surface area contributed by atoms with Gasteiger partial charge in [-0.1, -0.05) is 41.6 Å². The van der Waals surface area contributed by atoms with Crippen LogP contribution in [0.2, 0.25) is 0 Å². The maximum atomic E-state index is 12.6. The van der Waals surface area contributed by atoms with Crippen LogP contribution in [0.15, 0.2) is 59.3 Å². The molecule has 2 aromatic carbocycles. The van der Waals surface area contributed by atoms with Gasteiger partial charge >= 0.3 is 0 Å². The number of hydrogen-bond donors (Lipinski definition) is 4. The van der Waals surface area contributed by atoms with Crippen molar-refractivity contribution < 1.29 is 14.4 Å². The summed E-state index contributed by atoms with van der Waals surface area (Å²) in [5.74, 6) is 1.37. The van der Waals surface area contributed by atoms with Crippen molar-refractivity contribution in [1.82, 2.24) is 25.4 Å². The second-order valence-corrected chi connectivity index (χ2v) is 9.39. The number of amides is 1. The summed E-state index contributed by atoms with van der Waals surface area (Å²) in [7, 11) is 0. The third-order valence-electron chi connectivity index (χ3n) is 5.95. The minimum Gasteiger partial charge on any atom is -0.394 e. The zero-order chi connectivity index (χ0) is 25.3. The van der Waals surface area contributed by atoms with Crippen LogP contribution in [0.4, 0.5) is 17.5 Å². The number of carbonyl (C=O) groups excluding carboxylic acids is 1. The Labute approximate surface area is 208 Å². The van der Waals surface area contributed by atoms with Crippen molar-refractivity contribution in [3.05, 3.63) is 77.3 Å². The molecule has 36 heavy (non-hydrogen) atoms. The zero-order valence-electron chi connectivity index (χ0n) is 20.2. The number of fused-ring (bicyclic) bond motifs is 1. The first-order valence-electron chi connectivity index (χ1n) is 11.6. The zero-order valence-corrected chi connectivity index (χ0v) is 20.2. The van der Waals surface area contributed by atoms with Crippen LogP contribution >= 0.6 is 0 Å². The van der Waals surface area contributed by atoms with Crippen molar-refractivity contribution in [2.24, 2.45) is 0 Å². The van der Waals surface area contributed by atoms with Gasteiger partial charge in [0.2, 0.25) is 17.7 Å². The van der Waals surface area contributed by atoms with Gasteiger partial charge in [0, 0.05) is 29.9 Å². The highest BCUT2D eigenvalue weighted by atomic mass is 16.5. The number of aryl methyl sites for hydroxylation is 1. The van der Waals surface area contributed by atoms with E-state index >= 15 is 0 Å². The van der Waals surface area contributed by atoms with Crippen LogP contribution in [0.25, 0.3) is 11.4 Å². The van der Waals surface area contributed by atoms with Crippen molar-refractivity contribution in [3.63, 3.8) is 0 Å². The van der Waals surface area contributed by atoms with Crippen molar-refractivity contribution in [2.75, 3.05) is 17.2 Å². The summed E-state index contributed by atoms with van der Waals surface area (Å²) in [4.78, 5) is 26.0. The van der Waals surface area contributed by atoms with E-state index < -0.39 is 6.04 Å². The van der Waals surface area contributed by atoms with Crippen LogP contribution in [-0.2, 0) is 6.42 Å². The van der Waals surface area contributed by atoms with E-state index in [-0.39, 0.29) is 18.1 Å². The fourth-order valence-electron chi connectivity index (χ4n) is 4.25. The number of nitrogens with zero attached hydrogens (tertiary/aromatic N) is 4. The minimum atomic E-state index is -0.420. The molecule has 4 N–H and O–H groups in total. The Bertz CT molecular complexity index is 1400. The molecule has 0 spiro atoms. The van der Waals surface area contributed by atoms with Gasteiger partial charge in [-0.3, -0.25) is 4.79 Å². The van der Waals surface area contributed by atoms with Gasteiger partial charge in [0.05, 0.1) is 18.2 Å². The van der Waals surface area contributed by atoms with Crippen LogP contribution < -0.4 is 16.0 Å². The van der Waals surface area contributed by atoms with Crippen LogP contribution in [0.5, 0.6) is 0 Å². The van der Waals surface area contributed by atoms with Crippen molar-refractivity contribution in [1.29, 1.82) is 0 Å². The molecule has 0 fully saturated rings. The van der Waals surface area contributed by atoms with Gasteiger partial charge in [-0.25, -0.2) is 4.98 Å². The molecule has 0 bridgehead atoms. The molecule has 3 heterocycles. The molecule has 1 aliphatic rings. The molecule has 0 saturated carbocycles. The summed E-state index contributed by atoms with van der Waals surface area (Å²) in [6.45, 7) is 5.56. The van der Waals surface area contributed by atoms with E-state index in [9.17, 15) is 9.90 Å². The topological polar surface area (TPSA) is 138 Å². The smallest absolute Gasteiger partial charge is 0.252 e. The number of hydrogen-bond acceptors (Lipinski definition) is 9. The lowest BCUT2D eigenvalue weighted by atomic mass is 9.87. The molecule has 2 aromatic heterocycles. The van der Waals surface area contributed by atoms with Gasteiger partial charge in [0.1, 0.15) is 5.82 Å². The number of benzene rings is 2. The molecule has 0 aliphatic carbocycles. The molecule has 10 nitrogen and oxygen atoms in total. The lowest BCUT2D eigenvalue weighted by Crippen LogP contribution is -2.49. The molecule has 4 aromatic rings. The molecular formula is C26H27N7O3. The Morgan fingerprint density at radius 2 is 1.94 bits per heavy atom. The number of aliphatic hydroxyl groups is 1. The predicted molar refractivity (Wildman–Crippen MR) is 135 cm³/mol. The number of aromatic nitrogens is 4. The molecule has 5 rings (SSSR count). The Morgan fingerprint density at radius 1 is 1.14 bits per heavy atom. The second kappa shape index (κ2) is 9.38. The number of nitrogens with one attached hydrogen (secondary N) is 3. The molecule has 1 aliphatic heterocycles. The summed E-state index contributed by atoms with van der Waals surface area (Å²) >= 11 is 0. The first-order chi connectivity index (χ1) is 17.3. The molecule has 0 saturated heterocycles.